The second kappa shape index (κ2) is 6.80. The van der Waals surface area contributed by atoms with E-state index in [1.54, 1.807) is 0 Å². The normalized spacial score (nSPS) is 33.2. The Labute approximate surface area is 103 Å². The summed E-state index contributed by atoms with van der Waals surface area (Å²) in [4.78, 5) is 0. The van der Waals surface area contributed by atoms with Gasteiger partial charge in [-0.25, -0.2) is 0 Å². The summed E-state index contributed by atoms with van der Waals surface area (Å²) in [6.45, 7) is 6.75. The van der Waals surface area contributed by atoms with Crippen molar-refractivity contribution < 1.29 is 21.7 Å². The van der Waals surface area contributed by atoms with Gasteiger partial charge < -0.3 is 9.11 Å². The standard InChI is InChI=1S/C8H12O5S3/c1-3-14(9)5-7-8(6-15(10)4-2)13-16(11)12-7/h3-4,7-8H,1-2,5-6H2. The molecule has 1 heterocycles. The molecule has 1 rings (SSSR count). The maximum Gasteiger partial charge on any atom is 0.305 e. The first kappa shape index (κ1) is 14.2. The fourth-order valence-electron chi connectivity index (χ4n) is 1.08. The monoisotopic (exact) mass is 284 g/mol. The average Bonchev–Trinajstić information content (AvgIpc) is 2.58. The van der Waals surface area contributed by atoms with E-state index in [9.17, 15) is 13.3 Å². The predicted octanol–water partition coefficient (Wildman–Crippen LogP) is 0.134. The zero-order valence-corrected chi connectivity index (χ0v) is 10.9. The SMILES string of the molecule is C=C[S+]([O-])CC1OS(=O)OC1C[S+]([O-])C=C. The molecule has 5 nitrogen and oxygen atoms in total. The lowest BCUT2D eigenvalue weighted by Gasteiger charge is -2.15. The molecular formula is C8H12O5S3. The van der Waals surface area contributed by atoms with Crippen LogP contribution in [-0.4, -0.2) is 37.0 Å². The summed E-state index contributed by atoms with van der Waals surface area (Å²) in [6, 6.07) is 0. The van der Waals surface area contributed by atoms with Crippen LogP contribution in [0.5, 0.6) is 0 Å². The van der Waals surface area contributed by atoms with Crippen LogP contribution in [-0.2, 0) is 42.1 Å². The van der Waals surface area contributed by atoms with Crippen molar-refractivity contribution in [1.82, 2.24) is 0 Å². The highest BCUT2D eigenvalue weighted by Crippen LogP contribution is 2.21. The molecule has 0 N–H and O–H groups in total. The molecule has 1 saturated heterocycles. The molecule has 0 aromatic rings. The summed E-state index contributed by atoms with van der Waals surface area (Å²) in [5.74, 6) is 0.266. The molecule has 4 unspecified atom stereocenters. The molecule has 0 spiro atoms. The van der Waals surface area contributed by atoms with E-state index in [4.69, 9.17) is 8.37 Å². The summed E-state index contributed by atoms with van der Waals surface area (Å²) >= 11 is -4.40. The molecule has 0 aromatic heterocycles. The van der Waals surface area contributed by atoms with Crippen molar-refractivity contribution in [1.29, 1.82) is 0 Å². The van der Waals surface area contributed by atoms with Crippen molar-refractivity contribution in [3.8, 4) is 0 Å². The molecule has 0 radical (unpaired) electrons. The van der Waals surface area contributed by atoms with Gasteiger partial charge in [-0.3, -0.25) is 8.37 Å². The van der Waals surface area contributed by atoms with Crippen molar-refractivity contribution >= 4 is 33.7 Å². The first-order chi connectivity index (χ1) is 7.56. The first-order valence-corrected chi connectivity index (χ1v) is 8.08. The predicted molar refractivity (Wildman–Crippen MR) is 64.3 cm³/mol. The fraction of sp³-hybridized carbons (Fsp3) is 0.500. The molecule has 1 aliphatic rings. The molecule has 16 heavy (non-hydrogen) atoms. The molecule has 0 aliphatic carbocycles. The van der Waals surface area contributed by atoms with E-state index >= 15 is 0 Å². The van der Waals surface area contributed by atoms with Crippen LogP contribution in [0.3, 0.4) is 0 Å². The molecule has 0 amide bonds. The summed E-state index contributed by atoms with van der Waals surface area (Å²) in [7, 11) is 0. The van der Waals surface area contributed by atoms with Crippen molar-refractivity contribution in [3.05, 3.63) is 24.0 Å². The van der Waals surface area contributed by atoms with E-state index in [2.05, 4.69) is 13.2 Å². The topological polar surface area (TPSA) is 81.7 Å². The van der Waals surface area contributed by atoms with Gasteiger partial charge in [-0.15, -0.1) is 0 Å². The van der Waals surface area contributed by atoms with Crippen LogP contribution in [0.15, 0.2) is 24.0 Å². The van der Waals surface area contributed by atoms with Crippen LogP contribution in [0.1, 0.15) is 0 Å². The van der Waals surface area contributed by atoms with Gasteiger partial charge in [-0.05, 0) is 22.4 Å². The second-order valence-electron chi connectivity index (χ2n) is 2.90. The maximum absolute atomic E-state index is 11.2. The van der Waals surface area contributed by atoms with Gasteiger partial charge in [0.05, 0.1) is 0 Å². The Morgan fingerprint density at radius 2 is 1.50 bits per heavy atom. The lowest BCUT2D eigenvalue weighted by Crippen LogP contribution is -2.34. The van der Waals surface area contributed by atoms with E-state index in [1.165, 1.54) is 10.8 Å². The summed E-state index contributed by atoms with van der Waals surface area (Å²) in [5.41, 5.74) is 0. The number of hydrogen-bond acceptors (Lipinski definition) is 5. The van der Waals surface area contributed by atoms with E-state index in [1.807, 2.05) is 0 Å². The smallest absolute Gasteiger partial charge is 0.305 e. The molecule has 92 valence electrons. The average molecular weight is 284 g/mol. The summed E-state index contributed by atoms with van der Waals surface area (Å²) in [6.07, 6.45) is -1.19. The van der Waals surface area contributed by atoms with E-state index < -0.39 is 45.9 Å². The zero-order chi connectivity index (χ0) is 12.1. The molecular weight excluding hydrogens is 272 g/mol. The third-order valence-corrected chi connectivity index (χ3v) is 4.71. The van der Waals surface area contributed by atoms with Crippen molar-refractivity contribution in [3.63, 3.8) is 0 Å². The van der Waals surface area contributed by atoms with Crippen LogP contribution in [0.2, 0.25) is 0 Å². The van der Waals surface area contributed by atoms with Crippen molar-refractivity contribution in [2.45, 2.75) is 12.2 Å². The van der Waals surface area contributed by atoms with Crippen molar-refractivity contribution in [2.24, 2.45) is 0 Å². The largest absolute Gasteiger partial charge is 0.612 e. The highest BCUT2D eigenvalue weighted by molar-refractivity contribution is 7.94. The van der Waals surface area contributed by atoms with Gasteiger partial charge in [0.15, 0.2) is 12.2 Å². The Morgan fingerprint density at radius 3 is 1.81 bits per heavy atom. The third-order valence-electron chi connectivity index (χ3n) is 1.85. The minimum absolute atomic E-state index is 0.133. The minimum Gasteiger partial charge on any atom is -0.612 e. The summed E-state index contributed by atoms with van der Waals surface area (Å²) < 4.78 is 43.4. The van der Waals surface area contributed by atoms with Gasteiger partial charge in [0.25, 0.3) is 0 Å². The number of hydrogen-bond donors (Lipinski definition) is 0. The van der Waals surface area contributed by atoms with Crippen LogP contribution in [0, 0.1) is 0 Å². The molecule has 4 atom stereocenters. The third kappa shape index (κ3) is 4.21. The molecule has 0 aromatic carbocycles. The quantitative estimate of drug-likeness (QED) is 0.648. The highest BCUT2D eigenvalue weighted by atomic mass is 32.2. The van der Waals surface area contributed by atoms with Crippen LogP contribution in [0.4, 0.5) is 0 Å². The first-order valence-electron chi connectivity index (χ1n) is 4.32. The van der Waals surface area contributed by atoms with Gasteiger partial charge in [-0.2, -0.15) is 4.21 Å². The Morgan fingerprint density at radius 1 is 1.12 bits per heavy atom. The lowest BCUT2D eigenvalue weighted by atomic mass is 10.3. The molecule has 1 fully saturated rings. The van der Waals surface area contributed by atoms with Gasteiger partial charge in [-0.1, -0.05) is 13.2 Å². The van der Waals surface area contributed by atoms with Crippen LogP contribution in [0.25, 0.3) is 0 Å². The lowest BCUT2D eigenvalue weighted by molar-refractivity contribution is 0.191. The maximum atomic E-state index is 11.2. The Balaban J connectivity index is 2.55. The zero-order valence-electron chi connectivity index (χ0n) is 8.40. The van der Waals surface area contributed by atoms with Crippen molar-refractivity contribution in [2.75, 3.05) is 11.5 Å². The van der Waals surface area contributed by atoms with Gasteiger partial charge in [0, 0.05) is 0 Å². The molecule has 0 saturated carbocycles. The van der Waals surface area contributed by atoms with E-state index in [-0.39, 0.29) is 11.5 Å². The molecule has 0 bridgehead atoms. The Kier molecular flexibility index (Phi) is 6.05. The van der Waals surface area contributed by atoms with Gasteiger partial charge >= 0.3 is 11.4 Å². The highest BCUT2D eigenvalue weighted by Gasteiger charge is 2.40. The van der Waals surface area contributed by atoms with E-state index in [0.717, 1.165) is 0 Å². The van der Waals surface area contributed by atoms with Gasteiger partial charge in [0.2, 0.25) is 0 Å². The second-order valence-corrected chi connectivity index (χ2v) is 6.55. The van der Waals surface area contributed by atoms with Crippen LogP contribution < -0.4 is 0 Å². The Bertz CT molecular complexity index is 259. The number of rotatable bonds is 6. The van der Waals surface area contributed by atoms with Crippen LogP contribution >= 0.6 is 0 Å². The Hall–Kier alpha value is 0.170. The molecule has 8 heteroatoms. The summed E-state index contributed by atoms with van der Waals surface area (Å²) in [5, 5.41) is 2.54. The van der Waals surface area contributed by atoms with E-state index in [0.29, 0.717) is 0 Å². The minimum atomic E-state index is -1.86. The molecule has 1 aliphatic heterocycles. The van der Waals surface area contributed by atoms with Gasteiger partial charge in [0.1, 0.15) is 22.3 Å². The fourth-order valence-corrected chi connectivity index (χ4v) is 3.57.